The topological polar surface area (TPSA) is 41.5 Å². The molecule has 3 nitrogen and oxygen atoms in total. The van der Waals surface area contributed by atoms with Crippen LogP contribution in [-0.2, 0) is 6.54 Å². The van der Waals surface area contributed by atoms with Crippen molar-refractivity contribution in [2.75, 3.05) is 13.2 Å². The van der Waals surface area contributed by atoms with Crippen molar-refractivity contribution in [1.82, 2.24) is 5.32 Å². The van der Waals surface area contributed by atoms with E-state index < -0.39 is 0 Å². The predicted molar refractivity (Wildman–Crippen MR) is 68.5 cm³/mol. The van der Waals surface area contributed by atoms with Crippen molar-refractivity contribution in [3.63, 3.8) is 0 Å². The van der Waals surface area contributed by atoms with Crippen molar-refractivity contribution < 1.29 is 9.84 Å². The number of nitrogens with one attached hydrogen (secondary N) is 1. The van der Waals surface area contributed by atoms with Gasteiger partial charge in [-0.1, -0.05) is 11.6 Å². The van der Waals surface area contributed by atoms with Gasteiger partial charge in [-0.2, -0.15) is 0 Å². The molecule has 1 saturated carbocycles. The van der Waals surface area contributed by atoms with Gasteiger partial charge >= 0.3 is 0 Å². The fraction of sp³-hybridized carbons (Fsp3) is 0.538. The third kappa shape index (κ3) is 4.19. The first-order chi connectivity index (χ1) is 8.29. The first-order valence-corrected chi connectivity index (χ1v) is 6.43. The molecule has 0 heterocycles. The normalized spacial score (nSPS) is 14.9. The molecule has 0 bridgehead atoms. The van der Waals surface area contributed by atoms with Crippen LogP contribution in [0.5, 0.6) is 5.75 Å². The van der Waals surface area contributed by atoms with Gasteiger partial charge in [-0.25, -0.2) is 0 Å². The van der Waals surface area contributed by atoms with Crippen molar-refractivity contribution in [1.29, 1.82) is 0 Å². The number of halogens is 1. The van der Waals surface area contributed by atoms with E-state index in [1.54, 1.807) is 0 Å². The van der Waals surface area contributed by atoms with Gasteiger partial charge in [-0.3, -0.25) is 0 Å². The minimum absolute atomic E-state index is 0.156. The van der Waals surface area contributed by atoms with Crippen LogP contribution in [0.2, 0.25) is 5.02 Å². The number of hydrogen-bond donors (Lipinski definition) is 2. The van der Waals surface area contributed by atoms with Crippen LogP contribution in [-0.4, -0.2) is 24.4 Å². The molecule has 1 aromatic carbocycles. The summed E-state index contributed by atoms with van der Waals surface area (Å²) in [5.41, 5.74) is 1.09. The van der Waals surface area contributed by atoms with Crippen LogP contribution in [0, 0.1) is 0 Å². The van der Waals surface area contributed by atoms with Crippen LogP contribution in [0.4, 0.5) is 0 Å². The maximum atomic E-state index is 8.73. The quantitative estimate of drug-likeness (QED) is 0.735. The summed E-state index contributed by atoms with van der Waals surface area (Å²) in [6.07, 6.45) is 3.18. The standard InChI is InChI=1S/C13H18ClNO2/c14-11-2-5-13(17-7-1-6-16)10(8-11)9-15-12-3-4-12/h2,5,8,12,15-16H,1,3-4,6-7,9H2. The third-order valence-corrected chi connectivity index (χ3v) is 2.98. The SMILES string of the molecule is OCCCOc1ccc(Cl)cc1CNC1CC1. The van der Waals surface area contributed by atoms with Gasteiger partial charge in [0.05, 0.1) is 6.61 Å². The molecule has 2 N–H and O–H groups in total. The van der Waals surface area contributed by atoms with Crippen LogP contribution in [0.3, 0.4) is 0 Å². The van der Waals surface area contributed by atoms with E-state index >= 15 is 0 Å². The highest BCUT2D eigenvalue weighted by molar-refractivity contribution is 6.30. The van der Waals surface area contributed by atoms with Gasteiger partial charge in [0.25, 0.3) is 0 Å². The summed E-state index contributed by atoms with van der Waals surface area (Å²) in [4.78, 5) is 0. The van der Waals surface area contributed by atoms with Crippen molar-refractivity contribution in [3.05, 3.63) is 28.8 Å². The monoisotopic (exact) mass is 255 g/mol. The zero-order valence-corrected chi connectivity index (χ0v) is 10.5. The summed E-state index contributed by atoms with van der Waals surface area (Å²) in [5.74, 6) is 0.857. The second-order valence-corrected chi connectivity index (χ2v) is 4.77. The molecule has 0 saturated heterocycles. The Morgan fingerprint density at radius 3 is 2.94 bits per heavy atom. The number of aliphatic hydroxyl groups excluding tert-OH is 1. The average molecular weight is 256 g/mol. The Balaban J connectivity index is 1.95. The maximum Gasteiger partial charge on any atom is 0.123 e. The number of hydrogen-bond acceptors (Lipinski definition) is 3. The van der Waals surface area contributed by atoms with Crippen LogP contribution in [0.25, 0.3) is 0 Å². The lowest BCUT2D eigenvalue weighted by molar-refractivity contribution is 0.232. The van der Waals surface area contributed by atoms with Crippen molar-refractivity contribution >= 4 is 11.6 Å². The molecule has 94 valence electrons. The first kappa shape index (κ1) is 12.7. The number of ether oxygens (including phenoxy) is 1. The minimum Gasteiger partial charge on any atom is -0.493 e. The summed E-state index contributed by atoms with van der Waals surface area (Å²) in [6.45, 7) is 1.48. The average Bonchev–Trinajstić information content (AvgIpc) is 3.13. The summed E-state index contributed by atoms with van der Waals surface area (Å²) >= 11 is 5.99. The van der Waals surface area contributed by atoms with Gasteiger partial charge in [0.2, 0.25) is 0 Å². The number of benzene rings is 1. The Hall–Kier alpha value is -0.770. The minimum atomic E-state index is 0.156. The van der Waals surface area contributed by atoms with E-state index in [4.69, 9.17) is 21.4 Å². The van der Waals surface area contributed by atoms with E-state index in [2.05, 4.69) is 5.32 Å². The van der Waals surface area contributed by atoms with E-state index in [0.29, 0.717) is 19.1 Å². The maximum absolute atomic E-state index is 8.73. The van der Waals surface area contributed by atoms with Gasteiger partial charge in [-0.05, 0) is 31.0 Å². The first-order valence-electron chi connectivity index (χ1n) is 6.05. The van der Waals surface area contributed by atoms with Gasteiger partial charge < -0.3 is 15.2 Å². The Morgan fingerprint density at radius 1 is 1.41 bits per heavy atom. The molecule has 1 aromatic rings. The molecular weight excluding hydrogens is 238 g/mol. The smallest absolute Gasteiger partial charge is 0.123 e. The second-order valence-electron chi connectivity index (χ2n) is 4.33. The second kappa shape index (κ2) is 6.24. The van der Waals surface area contributed by atoms with Crippen LogP contribution in [0.15, 0.2) is 18.2 Å². The number of aliphatic hydroxyl groups is 1. The van der Waals surface area contributed by atoms with Crippen molar-refractivity contribution in [2.24, 2.45) is 0 Å². The Kier molecular flexibility index (Phi) is 4.66. The zero-order chi connectivity index (χ0) is 12.1. The molecule has 0 amide bonds. The van der Waals surface area contributed by atoms with Gasteiger partial charge in [0.15, 0.2) is 0 Å². The molecule has 17 heavy (non-hydrogen) atoms. The number of rotatable bonds is 7. The molecule has 0 spiro atoms. The summed E-state index contributed by atoms with van der Waals surface area (Å²) in [6, 6.07) is 6.32. The van der Waals surface area contributed by atoms with Gasteiger partial charge in [-0.15, -0.1) is 0 Å². The van der Waals surface area contributed by atoms with E-state index in [-0.39, 0.29) is 6.61 Å². The molecule has 0 unspecified atom stereocenters. The molecule has 0 aliphatic heterocycles. The van der Waals surface area contributed by atoms with Gasteiger partial charge in [0, 0.05) is 36.2 Å². The molecule has 0 aromatic heterocycles. The molecule has 4 heteroatoms. The Labute approximate surface area is 107 Å². The Morgan fingerprint density at radius 2 is 2.24 bits per heavy atom. The van der Waals surface area contributed by atoms with E-state index in [0.717, 1.165) is 22.9 Å². The van der Waals surface area contributed by atoms with Crippen LogP contribution in [0.1, 0.15) is 24.8 Å². The summed E-state index contributed by atoms with van der Waals surface area (Å²) in [7, 11) is 0. The summed E-state index contributed by atoms with van der Waals surface area (Å²) in [5, 5.41) is 12.9. The fourth-order valence-corrected chi connectivity index (χ4v) is 1.81. The molecule has 1 aliphatic rings. The predicted octanol–water partition coefficient (Wildman–Crippen LogP) is 2.35. The van der Waals surface area contributed by atoms with Crippen LogP contribution >= 0.6 is 11.6 Å². The molecule has 1 fully saturated rings. The third-order valence-electron chi connectivity index (χ3n) is 2.74. The lowest BCUT2D eigenvalue weighted by atomic mass is 10.2. The lowest BCUT2D eigenvalue weighted by Crippen LogP contribution is -2.16. The van der Waals surface area contributed by atoms with Crippen molar-refractivity contribution in [2.45, 2.75) is 31.8 Å². The molecular formula is C13H18ClNO2. The van der Waals surface area contributed by atoms with Gasteiger partial charge in [0.1, 0.15) is 5.75 Å². The van der Waals surface area contributed by atoms with E-state index in [1.165, 1.54) is 12.8 Å². The molecule has 0 atom stereocenters. The lowest BCUT2D eigenvalue weighted by Gasteiger charge is -2.12. The molecule has 0 radical (unpaired) electrons. The highest BCUT2D eigenvalue weighted by Crippen LogP contribution is 2.25. The zero-order valence-electron chi connectivity index (χ0n) is 9.79. The highest BCUT2D eigenvalue weighted by atomic mass is 35.5. The van der Waals surface area contributed by atoms with E-state index in [9.17, 15) is 0 Å². The highest BCUT2D eigenvalue weighted by Gasteiger charge is 2.20. The Bertz CT molecular complexity index is 366. The summed E-state index contributed by atoms with van der Waals surface area (Å²) < 4.78 is 5.63. The van der Waals surface area contributed by atoms with Crippen LogP contribution < -0.4 is 10.1 Å². The molecule has 1 aliphatic carbocycles. The van der Waals surface area contributed by atoms with E-state index in [1.807, 2.05) is 18.2 Å². The van der Waals surface area contributed by atoms with Crippen molar-refractivity contribution in [3.8, 4) is 5.75 Å². The molecule has 2 rings (SSSR count). The fourth-order valence-electron chi connectivity index (χ4n) is 1.62. The largest absolute Gasteiger partial charge is 0.493 e.